The molecule has 1 aliphatic heterocycles. The van der Waals surface area contributed by atoms with Crippen molar-refractivity contribution in [3.05, 3.63) is 57.5 Å². The Kier molecular flexibility index (Phi) is 5.36. The lowest BCUT2D eigenvalue weighted by Crippen LogP contribution is -2.46. The molecule has 0 spiro atoms. The summed E-state index contributed by atoms with van der Waals surface area (Å²) >= 11 is 1.80. The molecule has 1 N–H and O–H groups in total. The van der Waals surface area contributed by atoms with E-state index in [-0.39, 0.29) is 23.8 Å². The van der Waals surface area contributed by atoms with Crippen LogP contribution in [0.3, 0.4) is 0 Å². The first-order valence-electron chi connectivity index (χ1n) is 9.56. The van der Waals surface area contributed by atoms with Gasteiger partial charge in [0.15, 0.2) is 0 Å². The van der Waals surface area contributed by atoms with Gasteiger partial charge in [-0.25, -0.2) is 4.39 Å². The van der Waals surface area contributed by atoms with Gasteiger partial charge in [0.25, 0.3) is 0 Å². The molecule has 1 saturated carbocycles. The van der Waals surface area contributed by atoms with Gasteiger partial charge in [-0.3, -0.25) is 9.69 Å². The summed E-state index contributed by atoms with van der Waals surface area (Å²) in [6, 6.07) is 8.50. The first-order valence-corrected chi connectivity index (χ1v) is 10.4. The number of nitrogens with zero attached hydrogens (tertiary/aromatic N) is 1. The zero-order valence-corrected chi connectivity index (χ0v) is 15.7. The Morgan fingerprint density at radius 3 is 2.69 bits per heavy atom. The summed E-state index contributed by atoms with van der Waals surface area (Å²) in [7, 11) is 0. The van der Waals surface area contributed by atoms with Crippen molar-refractivity contribution in [2.45, 2.75) is 57.2 Å². The second-order valence-electron chi connectivity index (χ2n) is 7.39. The predicted molar refractivity (Wildman–Crippen MR) is 103 cm³/mol. The fraction of sp³-hybridized carbons (Fsp3) is 0.476. The lowest BCUT2D eigenvalue weighted by Gasteiger charge is -2.35. The Morgan fingerprint density at radius 1 is 1.15 bits per heavy atom. The fourth-order valence-corrected chi connectivity index (χ4v) is 5.08. The molecule has 1 amide bonds. The largest absolute Gasteiger partial charge is 0.352 e. The maximum absolute atomic E-state index is 13.4. The van der Waals surface area contributed by atoms with Crippen LogP contribution in [0.15, 0.2) is 35.7 Å². The van der Waals surface area contributed by atoms with Gasteiger partial charge in [-0.2, -0.15) is 0 Å². The summed E-state index contributed by atoms with van der Waals surface area (Å²) in [4.78, 5) is 16.9. The lowest BCUT2D eigenvalue weighted by molar-refractivity contribution is -0.128. The van der Waals surface area contributed by atoms with E-state index in [4.69, 9.17) is 0 Å². The third-order valence-electron chi connectivity index (χ3n) is 5.59. The smallest absolute Gasteiger partial charge is 0.242 e. The van der Waals surface area contributed by atoms with E-state index in [0.29, 0.717) is 0 Å². The van der Waals surface area contributed by atoms with Crippen molar-refractivity contribution in [2.24, 2.45) is 0 Å². The molecule has 0 saturated heterocycles. The van der Waals surface area contributed by atoms with Gasteiger partial charge >= 0.3 is 0 Å². The first-order chi connectivity index (χ1) is 12.7. The highest BCUT2D eigenvalue weighted by molar-refractivity contribution is 7.10. The van der Waals surface area contributed by atoms with E-state index in [9.17, 15) is 9.18 Å². The Balaban J connectivity index is 1.57. The Hall–Kier alpha value is -1.72. The number of amides is 1. The van der Waals surface area contributed by atoms with Crippen LogP contribution in [-0.4, -0.2) is 23.4 Å². The monoisotopic (exact) mass is 372 g/mol. The quantitative estimate of drug-likeness (QED) is 0.861. The second-order valence-corrected chi connectivity index (χ2v) is 8.39. The van der Waals surface area contributed by atoms with E-state index >= 15 is 0 Å². The maximum Gasteiger partial charge on any atom is 0.242 e. The van der Waals surface area contributed by atoms with Gasteiger partial charge in [-0.05, 0) is 54.0 Å². The highest BCUT2D eigenvalue weighted by Crippen LogP contribution is 2.31. The van der Waals surface area contributed by atoms with Gasteiger partial charge in [-0.1, -0.05) is 31.4 Å². The average Bonchev–Trinajstić information content (AvgIpc) is 3.12. The minimum absolute atomic E-state index is 0.0576. The van der Waals surface area contributed by atoms with E-state index in [1.54, 1.807) is 23.5 Å². The molecule has 1 aromatic heterocycles. The normalized spacial score (nSPS) is 19.7. The van der Waals surface area contributed by atoms with Crippen molar-refractivity contribution in [3.63, 3.8) is 0 Å². The Labute approximate surface area is 158 Å². The van der Waals surface area contributed by atoms with Gasteiger partial charge in [0.1, 0.15) is 11.9 Å². The molecule has 1 fully saturated rings. The van der Waals surface area contributed by atoms with Crippen LogP contribution in [0.2, 0.25) is 0 Å². The SMILES string of the molecule is O=C(NC1CCCCC1)C(c1ccc(F)cc1)N1CCc2sccc2C1. The van der Waals surface area contributed by atoms with Crippen molar-refractivity contribution < 1.29 is 9.18 Å². The van der Waals surface area contributed by atoms with E-state index in [0.717, 1.165) is 37.9 Å². The molecule has 2 heterocycles. The lowest BCUT2D eigenvalue weighted by atomic mass is 9.94. The van der Waals surface area contributed by atoms with Crippen LogP contribution in [-0.2, 0) is 17.8 Å². The maximum atomic E-state index is 13.4. The van der Waals surface area contributed by atoms with Crippen molar-refractivity contribution in [1.82, 2.24) is 10.2 Å². The van der Waals surface area contributed by atoms with Gasteiger partial charge in [0.2, 0.25) is 5.91 Å². The molecule has 5 heteroatoms. The summed E-state index contributed by atoms with van der Waals surface area (Å²) in [6.07, 6.45) is 6.75. The van der Waals surface area contributed by atoms with Crippen molar-refractivity contribution >= 4 is 17.2 Å². The molecule has 4 rings (SSSR count). The third kappa shape index (κ3) is 3.84. The number of thiophene rings is 1. The molecule has 1 aromatic carbocycles. The molecule has 1 unspecified atom stereocenters. The molecule has 0 bridgehead atoms. The standard InChI is InChI=1S/C21H25FN2OS/c22-17-8-6-15(7-9-17)20(21(25)23-18-4-2-1-3-5-18)24-12-10-19-16(14-24)11-13-26-19/h6-9,11,13,18,20H,1-5,10,12,14H2,(H,23,25). The summed E-state index contributed by atoms with van der Waals surface area (Å²) in [5.74, 6) is -0.207. The zero-order valence-electron chi connectivity index (χ0n) is 14.9. The van der Waals surface area contributed by atoms with Crippen LogP contribution < -0.4 is 5.32 Å². The van der Waals surface area contributed by atoms with Crippen LogP contribution in [0.1, 0.15) is 54.1 Å². The number of fused-ring (bicyclic) bond motifs is 1. The van der Waals surface area contributed by atoms with Crippen molar-refractivity contribution in [2.75, 3.05) is 6.54 Å². The molecule has 2 aromatic rings. The number of carbonyl (C=O) groups is 1. The number of hydrogen-bond acceptors (Lipinski definition) is 3. The van der Waals surface area contributed by atoms with Crippen LogP contribution in [0.25, 0.3) is 0 Å². The van der Waals surface area contributed by atoms with Gasteiger partial charge < -0.3 is 5.32 Å². The van der Waals surface area contributed by atoms with E-state index in [2.05, 4.69) is 21.7 Å². The number of rotatable bonds is 4. The van der Waals surface area contributed by atoms with Crippen LogP contribution in [0.5, 0.6) is 0 Å². The van der Waals surface area contributed by atoms with Crippen molar-refractivity contribution in [1.29, 1.82) is 0 Å². The molecule has 1 aliphatic carbocycles. The van der Waals surface area contributed by atoms with Crippen molar-refractivity contribution in [3.8, 4) is 0 Å². The Morgan fingerprint density at radius 2 is 1.92 bits per heavy atom. The molecular weight excluding hydrogens is 347 g/mol. The van der Waals surface area contributed by atoms with Gasteiger partial charge in [-0.15, -0.1) is 11.3 Å². The average molecular weight is 373 g/mol. The molecule has 2 aliphatic rings. The highest BCUT2D eigenvalue weighted by atomic mass is 32.1. The predicted octanol–water partition coefficient (Wildman–Crippen LogP) is 4.44. The van der Waals surface area contributed by atoms with Crippen LogP contribution in [0.4, 0.5) is 4.39 Å². The fourth-order valence-electron chi connectivity index (χ4n) is 4.19. The third-order valence-corrected chi connectivity index (χ3v) is 6.61. The number of hydrogen-bond donors (Lipinski definition) is 1. The molecule has 26 heavy (non-hydrogen) atoms. The minimum atomic E-state index is -0.356. The zero-order chi connectivity index (χ0) is 17.9. The number of carbonyl (C=O) groups excluding carboxylic acids is 1. The first kappa shape index (κ1) is 17.7. The molecule has 1 atom stereocenters. The topological polar surface area (TPSA) is 32.3 Å². The van der Waals surface area contributed by atoms with E-state index < -0.39 is 0 Å². The molecular formula is C21H25FN2OS. The number of halogens is 1. The van der Waals surface area contributed by atoms with Gasteiger partial charge in [0, 0.05) is 24.0 Å². The summed E-state index contributed by atoms with van der Waals surface area (Å²) in [5, 5.41) is 5.40. The van der Waals surface area contributed by atoms with E-state index in [1.165, 1.54) is 41.8 Å². The van der Waals surface area contributed by atoms with Crippen LogP contribution >= 0.6 is 11.3 Å². The van der Waals surface area contributed by atoms with Crippen LogP contribution in [0, 0.1) is 5.82 Å². The Bertz CT molecular complexity index is 752. The van der Waals surface area contributed by atoms with E-state index in [1.807, 2.05) is 0 Å². The molecule has 138 valence electrons. The highest BCUT2D eigenvalue weighted by Gasteiger charge is 2.32. The minimum Gasteiger partial charge on any atom is -0.352 e. The second kappa shape index (κ2) is 7.89. The summed E-state index contributed by atoms with van der Waals surface area (Å²) in [5.41, 5.74) is 2.19. The summed E-state index contributed by atoms with van der Waals surface area (Å²) < 4.78 is 13.4. The molecule has 3 nitrogen and oxygen atoms in total. The number of benzene rings is 1. The molecule has 0 radical (unpaired) electrons. The summed E-state index contributed by atoms with van der Waals surface area (Å²) in [6.45, 7) is 1.63. The van der Waals surface area contributed by atoms with Gasteiger partial charge in [0.05, 0.1) is 0 Å². The number of nitrogens with one attached hydrogen (secondary N) is 1.